The molecule has 1 aliphatic carbocycles. The van der Waals surface area contributed by atoms with Crippen LogP contribution in [0.5, 0.6) is 11.5 Å². The Kier molecular flexibility index (Phi) is 7.62. The number of dihydropyridines is 1. The first-order valence-corrected chi connectivity index (χ1v) is 13.8. The van der Waals surface area contributed by atoms with Gasteiger partial charge in [-0.3, -0.25) is 4.79 Å². The van der Waals surface area contributed by atoms with Crippen LogP contribution in [0.3, 0.4) is 0 Å². The number of fused-ring (bicyclic) bond motifs is 2. The number of hydrogen-bond acceptors (Lipinski definition) is 6. The van der Waals surface area contributed by atoms with E-state index in [1.54, 1.807) is 6.92 Å². The third-order valence-electron chi connectivity index (χ3n) is 6.91. The van der Waals surface area contributed by atoms with Crippen molar-refractivity contribution in [3.8, 4) is 11.5 Å². The lowest BCUT2D eigenvalue weighted by atomic mass is 9.79. The molecule has 1 heterocycles. The molecule has 200 valence electrons. The first-order chi connectivity index (χ1) is 18.8. The fraction of sp³-hybridized carbons (Fsp3) is 0.250. The Hall–Kier alpha value is -3.84. The second-order valence-electron chi connectivity index (χ2n) is 9.52. The summed E-state index contributed by atoms with van der Waals surface area (Å²) in [6.45, 7) is 8.56. The van der Waals surface area contributed by atoms with Crippen LogP contribution in [0.2, 0.25) is 0 Å². The van der Waals surface area contributed by atoms with Gasteiger partial charge in [0.15, 0.2) is 17.3 Å². The van der Waals surface area contributed by atoms with Crippen LogP contribution < -0.4 is 14.8 Å². The van der Waals surface area contributed by atoms with E-state index in [2.05, 4.69) is 21.2 Å². The van der Waals surface area contributed by atoms with Gasteiger partial charge in [0.1, 0.15) is 6.61 Å². The molecule has 7 heteroatoms. The maximum absolute atomic E-state index is 13.8. The summed E-state index contributed by atoms with van der Waals surface area (Å²) in [5, 5.41) is 3.33. The number of carbonyl (C=O) groups excluding carboxylic acids is 2. The second-order valence-corrected chi connectivity index (χ2v) is 10.4. The van der Waals surface area contributed by atoms with E-state index in [1.807, 2.05) is 81.4 Å². The molecule has 1 N–H and O–H groups in total. The van der Waals surface area contributed by atoms with E-state index >= 15 is 0 Å². The number of esters is 1. The van der Waals surface area contributed by atoms with Gasteiger partial charge in [-0.15, -0.1) is 0 Å². The Balaban J connectivity index is 1.61. The molecule has 1 atom stereocenters. The molecule has 1 aliphatic heterocycles. The average Bonchev–Trinajstić information content (AvgIpc) is 3.20. The Bertz CT molecular complexity index is 1520. The van der Waals surface area contributed by atoms with Gasteiger partial charge in [-0.05, 0) is 66.9 Å². The molecule has 0 unspecified atom stereocenters. The highest BCUT2D eigenvalue weighted by Crippen LogP contribution is 2.49. The molecule has 0 aromatic heterocycles. The molecular weight excluding hydrogens is 558 g/mol. The van der Waals surface area contributed by atoms with Crippen LogP contribution in [0.1, 0.15) is 59.3 Å². The summed E-state index contributed by atoms with van der Waals surface area (Å²) in [6.07, 6.45) is 0. The summed E-state index contributed by atoms with van der Waals surface area (Å²) in [6, 6.07) is 19.4. The lowest BCUT2D eigenvalue weighted by Gasteiger charge is -2.30. The van der Waals surface area contributed by atoms with E-state index in [1.165, 1.54) is 5.56 Å². The maximum Gasteiger partial charge on any atom is 0.336 e. The molecule has 0 amide bonds. The SMILES string of the molecule is CCOC(=O)C1=C(C)NC2=C(C(=O)c3ccccc32)[C@@H]1c1cc(Br)c(OCc2ccc(C)cc2)c(OCC)c1. The zero-order chi connectivity index (χ0) is 27.7. The van der Waals surface area contributed by atoms with Gasteiger partial charge in [-0.1, -0.05) is 54.1 Å². The number of ether oxygens (including phenoxy) is 3. The summed E-state index contributed by atoms with van der Waals surface area (Å²) in [5.41, 5.74) is 6.67. The van der Waals surface area contributed by atoms with Gasteiger partial charge in [0.05, 0.1) is 29.0 Å². The maximum atomic E-state index is 13.8. The molecule has 0 saturated heterocycles. The summed E-state index contributed by atoms with van der Waals surface area (Å²) in [4.78, 5) is 27.0. The summed E-state index contributed by atoms with van der Waals surface area (Å²) >= 11 is 3.68. The molecule has 3 aromatic carbocycles. The molecule has 0 bridgehead atoms. The first kappa shape index (κ1) is 26.8. The van der Waals surface area contributed by atoms with Gasteiger partial charge in [-0.25, -0.2) is 4.79 Å². The molecule has 5 rings (SSSR count). The predicted molar refractivity (Wildman–Crippen MR) is 154 cm³/mol. The highest BCUT2D eigenvalue weighted by Gasteiger charge is 2.43. The average molecular weight is 588 g/mol. The Morgan fingerprint density at radius 1 is 0.949 bits per heavy atom. The lowest BCUT2D eigenvalue weighted by Crippen LogP contribution is -2.29. The van der Waals surface area contributed by atoms with Crippen LogP contribution in [0.15, 0.2) is 82.0 Å². The van der Waals surface area contributed by atoms with E-state index in [9.17, 15) is 9.59 Å². The van der Waals surface area contributed by atoms with Crippen molar-refractivity contribution >= 4 is 33.4 Å². The van der Waals surface area contributed by atoms with Gasteiger partial charge in [-0.2, -0.15) is 0 Å². The Morgan fingerprint density at radius 2 is 1.67 bits per heavy atom. The molecule has 6 nitrogen and oxygen atoms in total. The van der Waals surface area contributed by atoms with Gasteiger partial charge < -0.3 is 19.5 Å². The number of nitrogens with one attached hydrogen (secondary N) is 1. The van der Waals surface area contributed by atoms with Crippen LogP contribution in [0.4, 0.5) is 0 Å². The van der Waals surface area contributed by atoms with Crippen molar-refractivity contribution in [3.05, 3.63) is 110 Å². The smallest absolute Gasteiger partial charge is 0.336 e. The topological polar surface area (TPSA) is 73.9 Å². The number of allylic oxidation sites excluding steroid dienone is 2. The molecule has 39 heavy (non-hydrogen) atoms. The zero-order valence-corrected chi connectivity index (χ0v) is 24.0. The van der Waals surface area contributed by atoms with Crippen molar-refractivity contribution in [2.75, 3.05) is 13.2 Å². The Morgan fingerprint density at radius 3 is 2.36 bits per heavy atom. The lowest BCUT2D eigenvalue weighted by molar-refractivity contribution is -0.138. The number of aryl methyl sites for hydroxylation is 1. The number of benzene rings is 3. The van der Waals surface area contributed by atoms with Crippen LogP contribution in [0, 0.1) is 6.92 Å². The number of rotatable bonds is 8. The number of ketones is 1. The molecule has 2 aliphatic rings. The van der Waals surface area contributed by atoms with Crippen molar-refractivity contribution in [1.82, 2.24) is 5.32 Å². The third-order valence-corrected chi connectivity index (χ3v) is 7.50. The van der Waals surface area contributed by atoms with Crippen molar-refractivity contribution in [3.63, 3.8) is 0 Å². The van der Waals surface area contributed by atoms with E-state index in [-0.39, 0.29) is 12.4 Å². The molecule has 0 spiro atoms. The van der Waals surface area contributed by atoms with E-state index in [0.717, 1.165) is 22.4 Å². The number of carbonyl (C=O) groups is 2. The van der Waals surface area contributed by atoms with Crippen LogP contribution in [0.25, 0.3) is 5.70 Å². The van der Waals surface area contributed by atoms with Crippen molar-refractivity contribution in [2.45, 2.75) is 40.2 Å². The highest BCUT2D eigenvalue weighted by molar-refractivity contribution is 9.10. The fourth-order valence-corrected chi connectivity index (χ4v) is 5.71. The molecular formula is C32H30BrNO5. The normalized spacial score (nSPS) is 16.0. The van der Waals surface area contributed by atoms with Crippen molar-refractivity contribution < 1.29 is 23.8 Å². The van der Waals surface area contributed by atoms with Gasteiger partial charge in [0, 0.05) is 28.3 Å². The standard InChI is InChI=1S/C32H30BrNO5/c1-5-37-25-16-21(15-24(33)31(25)39-17-20-13-11-18(3)12-14-20)27-26(32(36)38-6-2)19(4)34-29-22-9-7-8-10-23(22)30(35)28(27)29/h7-16,27,34H,5-6,17H2,1-4H3/t27-/m1/s1. The van der Waals surface area contributed by atoms with Crippen LogP contribution in [-0.4, -0.2) is 25.0 Å². The van der Waals surface area contributed by atoms with Gasteiger partial charge in [0.25, 0.3) is 0 Å². The number of Topliss-reactive ketones (excluding diaryl/α,β-unsaturated/α-hetero) is 1. The molecule has 0 saturated carbocycles. The minimum absolute atomic E-state index is 0.110. The largest absolute Gasteiger partial charge is 0.490 e. The number of hydrogen-bond donors (Lipinski definition) is 1. The highest BCUT2D eigenvalue weighted by atomic mass is 79.9. The van der Waals surface area contributed by atoms with E-state index < -0.39 is 11.9 Å². The van der Waals surface area contributed by atoms with Crippen LogP contribution in [-0.2, 0) is 16.1 Å². The molecule has 3 aromatic rings. The van der Waals surface area contributed by atoms with Crippen molar-refractivity contribution in [1.29, 1.82) is 0 Å². The summed E-state index contributed by atoms with van der Waals surface area (Å²) in [7, 11) is 0. The van der Waals surface area contributed by atoms with E-state index in [0.29, 0.717) is 51.6 Å². The molecule has 0 radical (unpaired) electrons. The molecule has 0 fully saturated rings. The second kappa shape index (κ2) is 11.1. The van der Waals surface area contributed by atoms with Crippen molar-refractivity contribution in [2.24, 2.45) is 0 Å². The minimum atomic E-state index is -0.651. The quantitative estimate of drug-likeness (QED) is 0.290. The monoisotopic (exact) mass is 587 g/mol. The summed E-state index contributed by atoms with van der Waals surface area (Å²) < 4.78 is 18.4. The summed E-state index contributed by atoms with van der Waals surface area (Å²) in [5.74, 6) is -0.137. The van der Waals surface area contributed by atoms with Gasteiger partial charge in [0.2, 0.25) is 0 Å². The minimum Gasteiger partial charge on any atom is -0.490 e. The number of halogens is 1. The third kappa shape index (κ3) is 4.99. The predicted octanol–water partition coefficient (Wildman–Crippen LogP) is 6.87. The van der Waals surface area contributed by atoms with Gasteiger partial charge >= 0.3 is 5.97 Å². The fourth-order valence-electron chi connectivity index (χ4n) is 5.14. The first-order valence-electron chi connectivity index (χ1n) is 13.0. The zero-order valence-electron chi connectivity index (χ0n) is 22.4. The van der Waals surface area contributed by atoms with Crippen LogP contribution >= 0.6 is 15.9 Å². The van der Waals surface area contributed by atoms with E-state index in [4.69, 9.17) is 14.2 Å². The Labute approximate surface area is 236 Å².